The van der Waals surface area contributed by atoms with Crippen molar-refractivity contribution in [3.8, 4) is 0 Å². The van der Waals surface area contributed by atoms with E-state index in [0.717, 1.165) is 26.3 Å². The fourth-order valence-corrected chi connectivity index (χ4v) is 2.05. The molecule has 0 bridgehead atoms. The third kappa shape index (κ3) is 1.81. The lowest BCUT2D eigenvalue weighted by Crippen LogP contribution is -2.66. The molecule has 0 radical (unpaired) electrons. The minimum atomic E-state index is -0.253. The molecule has 2 saturated heterocycles. The second-order valence-electron chi connectivity index (χ2n) is 5.77. The molecule has 0 aromatic carbocycles. The first-order chi connectivity index (χ1) is 6.41. The summed E-state index contributed by atoms with van der Waals surface area (Å²) in [4.78, 5) is 2.22. The first kappa shape index (κ1) is 10.4. The van der Waals surface area contributed by atoms with Gasteiger partial charge in [-0.05, 0) is 12.5 Å². The maximum absolute atomic E-state index is 5.85. The van der Waals surface area contributed by atoms with Crippen molar-refractivity contribution in [2.24, 2.45) is 11.3 Å². The van der Waals surface area contributed by atoms with Gasteiger partial charge in [-0.1, -0.05) is 20.8 Å². The van der Waals surface area contributed by atoms with E-state index in [0.29, 0.717) is 5.92 Å². The van der Waals surface area contributed by atoms with Gasteiger partial charge >= 0.3 is 0 Å². The van der Waals surface area contributed by atoms with Crippen molar-refractivity contribution >= 4 is 0 Å². The Labute approximate surface area is 86.4 Å². The van der Waals surface area contributed by atoms with Crippen LogP contribution in [0.3, 0.4) is 0 Å². The molecule has 2 aliphatic rings. The molecule has 0 aromatic heterocycles. The van der Waals surface area contributed by atoms with E-state index in [1.54, 1.807) is 0 Å². The fourth-order valence-electron chi connectivity index (χ4n) is 2.05. The molecule has 2 fully saturated rings. The SMILES string of the molecule is CN1CC2(C1)OCC(C(C)(C)C)CO2. The van der Waals surface area contributed by atoms with Gasteiger partial charge in [-0.25, -0.2) is 0 Å². The Morgan fingerprint density at radius 3 is 2.00 bits per heavy atom. The van der Waals surface area contributed by atoms with E-state index in [2.05, 4.69) is 32.7 Å². The van der Waals surface area contributed by atoms with E-state index < -0.39 is 0 Å². The highest BCUT2D eigenvalue weighted by atomic mass is 16.7. The Bertz CT molecular complexity index is 206. The molecular weight excluding hydrogens is 178 g/mol. The van der Waals surface area contributed by atoms with Crippen LogP contribution in [0.4, 0.5) is 0 Å². The number of hydrogen-bond donors (Lipinski definition) is 0. The van der Waals surface area contributed by atoms with Crippen molar-refractivity contribution in [3.63, 3.8) is 0 Å². The maximum atomic E-state index is 5.85. The summed E-state index contributed by atoms with van der Waals surface area (Å²) in [6.07, 6.45) is 0. The van der Waals surface area contributed by atoms with Gasteiger partial charge < -0.3 is 9.47 Å². The summed E-state index contributed by atoms with van der Waals surface area (Å²) in [5.41, 5.74) is 0.289. The van der Waals surface area contributed by atoms with Crippen molar-refractivity contribution in [1.29, 1.82) is 0 Å². The molecule has 1 spiro atoms. The van der Waals surface area contributed by atoms with Crippen molar-refractivity contribution in [2.45, 2.75) is 26.6 Å². The van der Waals surface area contributed by atoms with Gasteiger partial charge in [0.1, 0.15) is 0 Å². The van der Waals surface area contributed by atoms with Crippen LogP contribution in [-0.4, -0.2) is 44.0 Å². The van der Waals surface area contributed by atoms with Crippen LogP contribution in [0.2, 0.25) is 0 Å². The van der Waals surface area contributed by atoms with Crippen LogP contribution in [-0.2, 0) is 9.47 Å². The van der Waals surface area contributed by atoms with E-state index >= 15 is 0 Å². The fraction of sp³-hybridized carbons (Fsp3) is 1.00. The molecule has 0 aromatic rings. The lowest BCUT2D eigenvalue weighted by atomic mass is 9.81. The zero-order valence-electron chi connectivity index (χ0n) is 9.67. The quantitative estimate of drug-likeness (QED) is 0.587. The van der Waals surface area contributed by atoms with Crippen molar-refractivity contribution < 1.29 is 9.47 Å². The molecule has 0 aliphatic carbocycles. The number of rotatable bonds is 0. The standard InChI is InChI=1S/C11H21NO2/c1-10(2,3)9-5-13-11(14-6-9)7-12(4)8-11/h9H,5-8H2,1-4H3. The van der Waals surface area contributed by atoms with Crippen LogP contribution in [0.1, 0.15) is 20.8 Å². The summed E-state index contributed by atoms with van der Waals surface area (Å²) >= 11 is 0. The molecule has 0 amide bonds. The highest BCUT2D eigenvalue weighted by Crippen LogP contribution is 2.36. The largest absolute Gasteiger partial charge is 0.347 e. The summed E-state index contributed by atoms with van der Waals surface area (Å²) in [6.45, 7) is 10.3. The zero-order chi connectivity index (χ0) is 10.4. The van der Waals surface area contributed by atoms with Gasteiger partial charge in [0, 0.05) is 5.92 Å². The normalized spacial score (nSPS) is 29.1. The summed E-state index contributed by atoms with van der Waals surface area (Å²) in [5, 5.41) is 0. The molecule has 2 aliphatic heterocycles. The third-order valence-electron chi connectivity index (χ3n) is 3.34. The Morgan fingerprint density at radius 1 is 1.14 bits per heavy atom. The van der Waals surface area contributed by atoms with E-state index in [4.69, 9.17) is 9.47 Å². The molecule has 0 unspecified atom stereocenters. The zero-order valence-corrected chi connectivity index (χ0v) is 9.67. The van der Waals surface area contributed by atoms with Crippen LogP contribution in [0.25, 0.3) is 0 Å². The number of likely N-dealkylation sites (tertiary alicyclic amines) is 1. The van der Waals surface area contributed by atoms with E-state index in [-0.39, 0.29) is 11.2 Å². The van der Waals surface area contributed by atoms with Crippen molar-refractivity contribution in [1.82, 2.24) is 4.90 Å². The van der Waals surface area contributed by atoms with Crippen LogP contribution in [0.5, 0.6) is 0 Å². The molecule has 2 rings (SSSR count). The molecule has 14 heavy (non-hydrogen) atoms. The van der Waals surface area contributed by atoms with Crippen LogP contribution < -0.4 is 0 Å². The second kappa shape index (κ2) is 3.19. The minimum absolute atomic E-state index is 0.253. The molecule has 3 heteroatoms. The highest BCUT2D eigenvalue weighted by molar-refractivity contribution is 4.91. The number of likely N-dealkylation sites (N-methyl/N-ethyl adjacent to an activating group) is 1. The minimum Gasteiger partial charge on any atom is -0.347 e. The average molecular weight is 199 g/mol. The lowest BCUT2D eigenvalue weighted by molar-refractivity contribution is -0.337. The lowest BCUT2D eigenvalue weighted by Gasteiger charge is -2.52. The first-order valence-corrected chi connectivity index (χ1v) is 5.38. The van der Waals surface area contributed by atoms with E-state index in [9.17, 15) is 0 Å². The van der Waals surface area contributed by atoms with E-state index in [1.165, 1.54) is 0 Å². The van der Waals surface area contributed by atoms with Gasteiger partial charge in [0.15, 0.2) is 5.79 Å². The smallest absolute Gasteiger partial charge is 0.193 e. The summed E-state index contributed by atoms with van der Waals surface area (Å²) in [6, 6.07) is 0. The molecule has 2 heterocycles. The molecule has 0 N–H and O–H groups in total. The predicted octanol–water partition coefficient (Wildman–Crippen LogP) is 1.34. The molecule has 3 nitrogen and oxygen atoms in total. The van der Waals surface area contributed by atoms with E-state index in [1.807, 2.05) is 0 Å². The van der Waals surface area contributed by atoms with Crippen LogP contribution in [0.15, 0.2) is 0 Å². The molecule has 0 saturated carbocycles. The third-order valence-corrected chi connectivity index (χ3v) is 3.34. The van der Waals surface area contributed by atoms with Gasteiger partial charge in [0.05, 0.1) is 26.3 Å². The van der Waals surface area contributed by atoms with Crippen LogP contribution >= 0.6 is 0 Å². The molecule has 82 valence electrons. The Kier molecular flexibility index (Phi) is 2.37. The predicted molar refractivity (Wildman–Crippen MR) is 55.1 cm³/mol. The number of hydrogen-bond acceptors (Lipinski definition) is 3. The highest BCUT2D eigenvalue weighted by Gasteiger charge is 2.48. The summed E-state index contributed by atoms with van der Waals surface area (Å²) in [7, 11) is 2.09. The molecular formula is C11H21NO2. The average Bonchev–Trinajstić information content (AvgIpc) is 2.01. The topological polar surface area (TPSA) is 21.7 Å². The monoisotopic (exact) mass is 199 g/mol. The summed E-state index contributed by atoms with van der Waals surface area (Å²) in [5.74, 6) is 0.273. The van der Waals surface area contributed by atoms with Gasteiger partial charge in [0.25, 0.3) is 0 Å². The summed E-state index contributed by atoms with van der Waals surface area (Å²) < 4.78 is 11.7. The van der Waals surface area contributed by atoms with Gasteiger partial charge in [0.2, 0.25) is 0 Å². The number of ether oxygens (including phenoxy) is 2. The van der Waals surface area contributed by atoms with Crippen LogP contribution in [0, 0.1) is 11.3 Å². The Morgan fingerprint density at radius 2 is 1.64 bits per heavy atom. The Hall–Kier alpha value is -0.120. The first-order valence-electron chi connectivity index (χ1n) is 5.38. The Balaban J connectivity index is 1.87. The molecule has 0 atom stereocenters. The van der Waals surface area contributed by atoms with Gasteiger partial charge in [-0.2, -0.15) is 0 Å². The van der Waals surface area contributed by atoms with Gasteiger partial charge in [-0.15, -0.1) is 0 Å². The van der Waals surface area contributed by atoms with Crippen molar-refractivity contribution in [3.05, 3.63) is 0 Å². The maximum Gasteiger partial charge on any atom is 0.193 e. The second-order valence-corrected chi connectivity index (χ2v) is 5.77. The number of nitrogens with zero attached hydrogens (tertiary/aromatic N) is 1. The van der Waals surface area contributed by atoms with Crippen molar-refractivity contribution in [2.75, 3.05) is 33.4 Å². The van der Waals surface area contributed by atoms with Gasteiger partial charge in [-0.3, -0.25) is 4.90 Å².